The molecule has 6 nitrogen and oxygen atoms in total. The minimum atomic E-state index is -3.79. The molecular weight excluding hydrogens is 300 g/mol. The lowest BCUT2D eigenvalue weighted by Crippen LogP contribution is -2.40. The quantitative estimate of drug-likeness (QED) is 0.898. The Morgan fingerprint density at radius 1 is 1.55 bits per heavy atom. The highest BCUT2D eigenvalue weighted by Crippen LogP contribution is 2.27. The third-order valence-electron chi connectivity index (χ3n) is 3.54. The summed E-state index contributed by atoms with van der Waals surface area (Å²) in [5.74, 6) is -0.199. The van der Waals surface area contributed by atoms with Crippen LogP contribution in [0.1, 0.15) is 27.9 Å². The number of primary sulfonamides is 1. The van der Waals surface area contributed by atoms with E-state index in [-0.39, 0.29) is 22.9 Å². The van der Waals surface area contributed by atoms with Crippen LogP contribution in [0.25, 0.3) is 0 Å². The lowest BCUT2D eigenvalue weighted by molar-refractivity contribution is 0.0578. The highest BCUT2D eigenvalue weighted by Gasteiger charge is 2.32. The zero-order chi connectivity index (χ0) is 15.1. The van der Waals surface area contributed by atoms with E-state index in [1.807, 2.05) is 6.92 Å². The van der Waals surface area contributed by atoms with Crippen LogP contribution in [0.4, 0.5) is 0 Å². The minimum absolute atomic E-state index is 0.0114. The number of amides is 1. The van der Waals surface area contributed by atoms with Gasteiger partial charge >= 0.3 is 0 Å². The standard InChI is InChI=1S/C12H18N2O4S2/c1-7-9(4-5-18-7)14(3)12(15)10-6-11(8(2)19-10)20(13,16)17/h6-7,9H,4-5H2,1-3H3,(H2,13,16,17). The second-order valence-electron chi connectivity index (χ2n) is 4.92. The molecule has 1 saturated heterocycles. The van der Waals surface area contributed by atoms with Gasteiger partial charge in [-0.3, -0.25) is 4.79 Å². The Bertz CT molecular complexity index is 623. The van der Waals surface area contributed by atoms with E-state index in [1.54, 1.807) is 18.9 Å². The lowest BCUT2D eigenvalue weighted by atomic mass is 10.1. The molecule has 1 aromatic rings. The molecule has 0 spiro atoms. The number of sulfonamides is 1. The monoisotopic (exact) mass is 318 g/mol. The number of nitrogens with zero attached hydrogens (tertiary/aromatic N) is 1. The molecule has 1 amide bonds. The topological polar surface area (TPSA) is 89.7 Å². The van der Waals surface area contributed by atoms with Crippen LogP contribution in [-0.2, 0) is 14.8 Å². The van der Waals surface area contributed by atoms with E-state index >= 15 is 0 Å². The van der Waals surface area contributed by atoms with Gasteiger partial charge in [0.05, 0.1) is 21.9 Å². The Kier molecular flexibility index (Phi) is 4.19. The van der Waals surface area contributed by atoms with E-state index in [1.165, 1.54) is 6.07 Å². The molecule has 2 unspecified atom stereocenters. The Hall–Kier alpha value is -0.960. The van der Waals surface area contributed by atoms with Gasteiger partial charge in [-0.1, -0.05) is 0 Å². The summed E-state index contributed by atoms with van der Waals surface area (Å²) in [6.07, 6.45) is 0.776. The SMILES string of the molecule is Cc1sc(C(=O)N(C)C2CCOC2C)cc1S(N)(=O)=O. The van der Waals surface area contributed by atoms with E-state index in [4.69, 9.17) is 9.88 Å². The highest BCUT2D eigenvalue weighted by molar-refractivity contribution is 7.89. The molecule has 0 aliphatic carbocycles. The van der Waals surface area contributed by atoms with E-state index in [2.05, 4.69) is 0 Å². The van der Waals surface area contributed by atoms with Crippen molar-refractivity contribution < 1.29 is 17.9 Å². The summed E-state index contributed by atoms with van der Waals surface area (Å²) in [6, 6.07) is 1.37. The van der Waals surface area contributed by atoms with Gasteiger partial charge in [0.15, 0.2) is 0 Å². The molecule has 1 aromatic heterocycles. The fourth-order valence-electron chi connectivity index (χ4n) is 2.41. The van der Waals surface area contributed by atoms with Gasteiger partial charge in [-0.15, -0.1) is 11.3 Å². The number of hydrogen-bond donors (Lipinski definition) is 1. The molecule has 8 heteroatoms. The summed E-state index contributed by atoms with van der Waals surface area (Å²) in [5.41, 5.74) is 0. The smallest absolute Gasteiger partial charge is 0.264 e. The Morgan fingerprint density at radius 3 is 2.65 bits per heavy atom. The molecule has 2 rings (SSSR count). The van der Waals surface area contributed by atoms with Crippen molar-refractivity contribution in [1.29, 1.82) is 0 Å². The number of hydrogen-bond acceptors (Lipinski definition) is 5. The third-order valence-corrected chi connectivity index (χ3v) is 5.75. The third kappa shape index (κ3) is 2.88. The summed E-state index contributed by atoms with van der Waals surface area (Å²) >= 11 is 1.15. The van der Waals surface area contributed by atoms with Crippen molar-refractivity contribution in [2.24, 2.45) is 5.14 Å². The maximum absolute atomic E-state index is 12.4. The summed E-state index contributed by atoms with van der Waals surface area (Å²) < 4.78 is 28.3. The van der Waals surface area contributed by atoms with Crippen LogP contribution >= 0.6 is 11.3 Å². The van der Waals surface area contributed by atoms with Crippen LogP contribution in [0.15, 0.2) is 11.0 Å². The number of ether oxygens (including phenoxy) is 1. The molecule has 0 radical (unpaired) electrons. The first-order valence-corrected chi connectivity index (χ1v) is 8.60. The maximum Gasteiger partial charge on any atom is 0.264 e. The van der Waals surface area contributed by atoms with E-state index in [0.29, 0.717) is 16.4 Å². The van der Waals surface area contributed by atoms with Gasteiger partial charge in [-0.05, 0) is 26.3 Å². The number of rotatable bonds is 3. The lowest BCUT2D eigenvalue weighted by Gasteiger charge is -2.26. The van der Waals surface area contributed by atoms with Crippen molar-refractivity contribution in [3.8, 4) is 0 Å². The number of thiophene rings is 1. The van der Waals surface area contributed by atoms with Crippen molar-refractivity contribution in [2.45, 2.75) is 37.3 Å². The number of likely N-dealkylation sites (N-methyl/N-ethyl adjacent to an activating group) is 1. The molecular formula is C12H18N2O4S2. The molecule has 0 aromatic carbocycles. The van der Waals surface area contributed by atoms with Crippen molar-refractivity contribution in [3.63, 3.8) is 0 Å². The summed E-state index contributed by atoms with van der Waals surface area (Å²) in [4.78, 5) is 15.0. The molecule has 0 saturated carbocycles. The van der Waals surface area contributed by atoms with Crippen molar-refractivity contribution >= 4 is 27.3 Å². The largest absolute Gasteiger partial charge is 0.376 e. The van der Waals surface area contributed by atoms with Crippen molar-refractivity contribution in [3.05, 3.63) is 15.8 Å². The maximum atomic E-state index is 12.4. The molecule has 2 N–H and O–H groups in total. The fraction of sp³-hybridized carbons (Fsp3) is 0.583. The number of carbonyl (C=O) groups is 1. The zero-order valence-electron chi connectivity index (χ0n) is 11.6. The summed E-state index contributed by atoms with van der Waals surface area (Å²) in [6.45, 7) is 4.20. The number of nitrogens with two attached hydrogens (primary N) is 1. The van der Waals surface area contributed by atoms with Crippen LogP contribution in [0.5, 0.6) is 0 Å². The first kappa shape index (κ1) is 15.4. The van der Waals surface area contributed by atoms with Gasteiger partial charge in [-0.2, -0.15) is 0 Å². The van der Waals surface area contributed by atoms with Crippen LogP contribution in [-0.4, -0.2) is 45.0 Å². The van der Waals surface area contributed by atoms with Gasteiger partial charge in [-0.25, -0.2) is 13.6 Å². The van der Waals surface area contributed by atoms with Crippen LogP contribution < -0.4 is 5.14 Å². The summed E-state index contributed by atoms with van der Waals surface area (Å²) in [5, 5.41) is 5.13. The first-order chi connectivity index (χ1) is 9.21. The molecule has 1 aliphatic rings. The van der Waals surface area contributed by atoms with Gasteiger partial charge < -0.3 is 9.64 Å². The zero-order valence-corrected chi connectivity index (χ0v) is 13.3. The predicted octanol–water partition coefficient (Wildman–Crippen LogP) is 0.953. The summed E-state index contributed by atoms with van der Waals surface area (Å²) in [7, 11) is -2.07. The van der Waals surface area contributed by atoms with E-state index in [0.717, 1.165) is 17.8 Å². The van der Waals surface area contributed by atoms with E-state index < -0.39 is 10.0 Å². The van der Waals surface area contributed by atoms with Gasteiger partial charge in [0.2, 0.25) is 10.0 Å². The molecule has 112 valence electrons. The molecule has 2 atom stereocenters. The van der Waals surface area contributed by atoms with Crippen LogP contribution in [0.3, 0.4) is 0 Å². The first-order valence-electron chi connectivity index (χ1n) is 6.24. The molecule has 0 bridgehead atoms. The Balaban J connectivity index is 2.26. The highest BCUT2D eigenvalue weighted by atomic mass is 32.2. The average molecular weight is 318 g/mol. The minimum Gasteiger partial charge on any atom is -0.376 e. The van der Waals surface area contributed by atoms with Crippen LogP contribution in [0, 0.1) is 6.92 Å². The van der Waals surface area contributed by atoms with E-state index in [9.17, 15) is 13.2 Å². The van der Waals surface area contributed by atoms with Gasteiger partial charge in [0.1, 0.15) is 0 Å². The van der Waals surface area contributed by atoms with Crippen molar-refractivity contribution in [1.82, 2.24) is 4.90 Å². The molecule has 2 heterocycles. The second-order valence-corrected chi connectivity index (χ2v) is 7.71. The van der Waals surface area contributed by atoms with Crippen molar-refractivity contribution in [2.75, 3.05) is 13.7 Å². The number of carbonyl (C=O) groups excluding carboxylic acids is 1. The normalized spacial score (nSPS) is 23.0. The van der Waals surface area contributed by atoms with Gasteiger partial charge in [0, 0.05) is 18.5 Å². The average Bonchev–Trinajstić information content (AvgIpc) is 2.92. The number of aryl methyl sites for hydroxylation is 1. The van der Waals surface area contributed by atoms with Crippen LogP contribution in [0.2, 0.25) is 0 Å². The van der Waals surface area contributed by atoms with Gasteiger partial charge in [0.25, 0.3) is 5.91 Å². The second kappa shape index (κ2) is 5.44. The predicted molar refractivity (Wildman–Crippen MR) is 76.3 cm³/mol. The molecule has 1 fully saturated rings. The molecule has 1 aliphatic heterocycles. The Labute approximate surface area is 122 Å². The molecule has 20 heavy (non-hydrogen) atoms. The Morgan fingerprint density at radius 2 is 2.20 bits per heavy atom. The fourth-order valence-corrected chi connectivity index (χ4v) is 4.53.